The maximum absolute atomic E-state index is 12.6. The number of hydrogen-bond donors (Lipinski definition) is 2. The van der Waals surface area contributed by atoms with Gasteiger partial charge in [0, 0.05) is 23.0 Å². The topological polar surface area (TPSA) is 60.8 Å². The van der Waals surface area contributed by atoms with Crippen LogP contribution < -0.4 is 0 Å². The number of phenolic OH excluding ortho intramolecular Hbond substituents is 2. The van der Waals surface area contributed by atoms with Crippen LogP contribution in [0, 0.1) is 0 Å². The zero-order valence-electron chi connectivity index (χ0n) is 10.4. The number of halogens is 1. The van der Waals surface area contributed by atoms with E-state index >= 15 is 0 Å². The van der Waals surface area contributed by atoms with E-state index in [1.807, 2.05) is 4.90 Å². The summed E-state index contributed by atoms with van der Waals surface area (Å²) in [6.45, 7) is 0. The molecule has 0 aromatic heterocycles. The monoisotopic (exact) mass is 325 g/mol. The van der Waals surface area contributed by atoms with E-state index in [2.05, 4.69) is 15.9 Å². The van der Waals surface area contributed by atoms with Crippen LogP contribution in [0.5, 0.6) is 11.5 Å². The zero-order valence-corrected chi connectivity index (χ0v) is 12.0. The number of hydrogen-bond acceptors (Lipinski definition) is 3. The minimum Gasteiger partial charge on any atom is -0.508 e. The van der Waals surface area contributed by atoms with Gasteiger partial charge >= 0.3 is 0 Å². The van der Waals surface area contributed by atoms with Gasteiger partial charge in [-0.2, -0.15) is 0 Å². The van der Waals surface area contributed by atoms with Gasteiger partial charge in [0.05, 0.1) is 5.56 Å². The summed E-state index contributed by atoms with van der Waals surface area (Å²) in [5.74, 6) is -0.300. The number of amides is 1. The first-order valence-electron chi connectivity index (χ1n) is 6.55. The average molecular weight is 326 g/mol. The van der Waals surface area contributed by atoms with Gasteiger partial charge in [-0.05, 0) is 37.8 Å². The second kappa shape index (κ2) is 4.71. The summed E-state index contributed by atoms with van der Waals surface area (Å²) in [7, 11) is 0. The second-order valence-corrected chi connectivity index (χ2v) is 6.66. The maximum Gasteiger partial charge on any atom is 0.258 e. The van der Waals surface area contributed by atoms with E-state index in [-0.39, 0.29) is 35.1 Å². The third-order valence-corrected chi connectivity index (χ3v) is 4.87. The molecule has 1 aromatic rings. The summed E-state index contributed by atoms with van der Waals surface area (Å²) >= 11 is 3.65. The fourth-order valence-electron chi connectivity index (χ4n) is 3.28. The van der Waals surface area contributed by atoms with Crippen molar-refractivity contribution in [2.24, 2.45) is 0 Å². The lowest BCUT2D eigenvalue weighted by Crippen LogP contribution is -2.46. The molecule has 102 valence electrons. The fraction of sp³-hybridized carbons (Fsp3) is 0.500. The molecule has 5 heteroatoms. The zero-order chi connectivity index (χ0) is 13.6. The fourth-order valence-corrected chi connectivity index (χ4v) is 4.15. The van der Waals surface area contributed by atoms with Crippen LogP contribution in [-0.4, -0.2) is 37.9 Å². The van der Waals surface area contributed by atoms with Crippen molar-refractivity contribution in [3.8, 4) is 11.5 Å². The number of phenols is 2. The molecular weight excluding hydrogens is 310 g/mol. The number of nitrogens with zero attached hydrogens (tertiary/aromatic N) is 1. The van der Waals surface area contributed by atoms with E-state index in [1.165, 1.54) is 18.2 Å². The van der Waals surface area contributed by atoms with Gasteiger partial charge in [0.15, 0.2) is 0 Å². The summed E-state index contributed by atoms with van der Waals surface area (Å²) in [6.07, 6.45) is 4.02. The van der Waals surface area contributed by atoms with Gasteiger partial charge in [-0.25, -0.2) is 0 Å². The molecule has 0 saturated carbocycles. The predicted octanol–water partition coefficient (Wildman–Crippen LogP) is 2.63. The lowest BCUT2D eigenvalue weighted by Gasteiger charge is -2.37. The first kappa shape index (κ1) is 12.8. The third kappa shape index (κ3) is 2.20. The molecule has 2 atom stereocenters. The molecule has 2 aliphatic rings. The van der Waals surface area contributed by atoms with E-state index in [9.17, 15) is 15.0 Å². The average Bonchev–Trinajstić information content (AvgIpc) is 2.61. The molecule has 0 spiro atoms. The Morgan fingerprint density at radius 1 is 1.21 bits per heavy atom. The number of benzene rings is 1. The molecule has 2 N–H and O–H groups in total. The van der Waals surface area contributed by atoms with Crippen LogP contribution >= 0.6 is 15.9 Å². The normalized spacial score (nSPS) is 29.5. The summed E-state index contributed by atoms with van der Waals surface area (Å²) in [5.41, 5.74) is 0.280. The minimum atomic E-state index is -0.148. The second-order valence-electron chi connectivity index (χ2n) is 5.37. The lowest BCUT2D eigenvalue weighted by molar-refractivity contribution is 0.0600. The highest BCUT2D eigenvalue weighted by atomic mass is 79.9. The number of fused-ring (bicyclic) bond motifs is 2. The van der Waals surface area contributed by atoms with Crippen molar-refractivity contribution in [3.05, 3.63) is 23.8 Å². The Bertz CT molecular complexity index is 505. The highest BCUT2D eigenvalue weighted by molar-refractivity contribution is 9.09. The summed E-state index contributed by atoms with van der Waals surface area (Å²) in [4.78, 5) is 15.0. The largest absolute Gasteiger partial charge is 0.508 e. The Morgan fingerprint density at radius 3 is 2.42 bits per heavy atom. The standard InChI is InChI=1S/C14H16BrNO3/c15-8-5-9-1-2-10(6-8)16(9)14(19)12-4-3-11(17)7-13(12)18/h3-4,7-10,17-18H,1-2,5-6H2. The maximum atomic E-state index is 12.6. The van der Waals surface area contributed by atoms with E-state index < -0.39 is 0 Å². The number of rotatable bonds is 1. The van der Waals surface area contributed by atoms with Crippen LogP contribution in [0.25, 0.3) is 0 Å². The Kier molecular flexibility index (Phi) is 3.17. The van der Waals surface area contributed by atoms with Crippen molar-refractivity contribution < 1.29 is 15.0 Å². The first-order chi connectivity index (χ1) is 9.06. The molecule has 0 aliphatic carbocycles. The van der Waals surface area contributed by atoms with Gasteiger partial charge in [0.1, 0.15) is 11.5 Å². The van der Waals surface area contributed by atoms with Gasteiger partial charge in [-0.15, -0.1) is 0 Å². The SMILES string of the molecule is O=C(c1ccc(O)cc1O)N1C2CCC1CC(Br)C2. The van der Waals surface area contributed by atoms with Crippen molar-refractivity contribution in [1.29, 1.82) is 0 Å². The van der Waals surface area contributed by atoms with E-state index in [0.717, 1.165) is 25.7 Å². The summed E-state index contributed by atoms with van der Waals surface area (Å²) < 4.78 is 0. The van der Waals surface area contributed by atoms with Crippen molar-refractivity contribution in [2.45, 2.75) is 42.6 Å². The molecule has 19 heavy (non-hydrogen) atoms. The Hall–Kier alpha value is -1.23. The van der Waals surface area contributed by atoms with Crippen molar-refractivity contribution in [3.63, 3.8) is 0 Å². The molecule has 2 saturated heterocycles. The molecule has 2 heterocycles. The van der Waals surface area contributed by atoms with Crippen LogP contribution in [-0.2, 0) is 0 Å². The van der Waals surface area contributed by atoms with Gasteiger partial charge in [-0.3, -0.25) is 4.79 Å². The predicted molar refractivity (Wildman–Crippen MR) is 74.7 cm³/mol. The molecule has 2 fully saturated rings. The number of alkyl halides is 1. The molecule has 2 bridgehead atoms. The Morgan fingerprint density at radius 2 is 1.84 bits per heavy atom. The molecule has 4 nitrogen and oxygen atoms in total. The molecule has 1 aromatic carbocycles. The van der Waals surface area contributed by atoms with Crippen LogP contribution in [0.3, 0.4) is 0 Å². The quantitative estimate of drug-likeness (QED) is 0.780. The third-order valence-electron chi connectivity index (χ3n) is 4.12. The summed E-state index contributed by atoms with van der Waals surface area (Å²) in [6, 6.07) is 4.68. The van der Waals surface area contributed by atoms with Crippen molar-refractivity contribution in [2.75, 3.05) is 0 Å². The first-order valence-corrected chi connectivity index (χ1v) is 7.46. The Labute approximate surface area is 120 Å². The van der Waals surface area contributed by atoms with Crippen LogP contribution in [0.15, 0.2) is 18.2 Å². The number of carbonyl (C=O) groups excluding carboxylic acids is 1. The van der Waals surface area contributed by atoms with Crippen LogP contribution in [0.2, 0.25) is 0 Å². The van der Waals surface area contributed by atoms with Crippen LogP contribution in [0.4, 0.5) is 0 Å². The number of piperidine rings is 1. The number of carbonyl (C=O) groups is 1. The molecular formula is C14H16BrNO3. The Balaban J connectivity index is 1.88. The van der Waals surface area contributed by atoms with Crippen molar-refractivity contribution in [1.82, 2.24) is 4.90 Å². The minimum absolute atomic E-state index is 0.0313. The molecule has 1 amide bonds. The van der Waals surface area contributed by atoms with Crippen molar-refractivity contribution >= 4 is 21.8 Å². The smallest absolute Gasteiger partial charge is 0.258 e. The van der Waals surface area contributed by atoms with Gasteiger partial charge in [0.2, 0.25) is 0 Å². The van der Waals surface area contributed by atoms with E-state index in [1.54, 1.807) is 0 Å². The van der Waals surface area contributed by atoms with E-state index in [0.29, 0.717) is 4.83 Å². The van der Waals surface area contributed by atoms with Gasteiger partial charge in [0.25, 0.3) is 5.91 Å². The molecule has 2 unspecified atom stereocenters. The van der Waals surface area contributed by atoms with Gasteiger partial charge in [-0.1, -0.05) is 15.9 Å². The highest BCUT2D eigenvalue weighted by Gasteiger charge is 2.43. The molecule has 0 radical (unpaired) electrons. The highest BCUT2D eigenvalue weighted by Crippen LogP contribution is 2.40. The number of aromatic hydroxyl groups is 2. The van der Waals surface area contributed by atoms with Crippen LogP contribution in [0.1, 0.15) is 36.0 Å². The van der Waals surface area contributed by atoms with Gasteiger partial charge < -0.3 is 15.1 Å². The molecule has 2 aliphatic heterocycles. The molecule has 3 rings (SSSR count). The lowest BCUT2D eigenvalue weighted by atomic mass is 10.0. The summed E-state index contributed by atoms with van der Waals surface area (Å²) in [5, 5.41) is 19.1. The van der Waals surface area contributed by atoms with E-state index in [4.69, 9.17) is 0 Å².